The number of nitrogens with zero attached hydrogens (tertiary/aromatic N) is 1. The Bertz CT molecular complexity index is 672. The second-order valence-electron chi connectivity index (χ2n) is 5.50. The molecule has 114 valence electrons. The van der Waals surface area contributed by atoms with Gasteiger partial charge in [-0.05, 0) is 31.9 Å². The van der Waals surface area contributed by atoms with Crippen LogP contribution in [0.5, 0.6) is 0 Å². The molecule has 0 saturated carbocycles. The van der Waals surface area contributed by atoms with Gasteiger partial charge in [-0.2, -0.15) is 0 Å². The smallest absolute Gasteiger partial charge is 0.289 e. The van der Waals surface area contributed by atoms with E-state index in [4.69, 9.17) is 4.42 Å². The van der Waals surface area contributed by atoms with Crippen LogP contribution in [-0.2, 0) is 0 Å². The van der Waals surface area contributed by atoms with Crippen LogP contribution in [0.2, 0.25) is 0 Å². The molecule has 1 aromatic heterocycles. The first-order chi connectivity index (χ1) is 9.59. The molecule has 1 aliphatic rings. The highest BCUT2D eigenvalue weighted by atomic mass is 35.5. The molecule has 1 fully saturated rings. The van der Waals surface area contributed by atoms with Crippen molar-refractivity contribution in [2.24, 2.45) is 0 Å². The predicted molar refractivity (Wildman–Crippen MR) is 86.4 cm³/mol. The number of nitrogens with one attached hydrogen (secondary N) is 1. The standard InChI is InChI=1S/C16H20N2O2.ClH/c1-10-4-5-11(2)14-13(10)12(3)15(20-14)16(19)18-8-6-17-7-9-18;/h4-5,17H,6-9H2,1-3H3;1H. The summed E-state index contributed by atoms with van der Waals surface area (Å²) in [5.74, 6) is 0.512. The third-order valence-electron chi connectivity index (χ3n) is 4.08. The highest BCUT2D eigenvalue weighted by Gasteiger charge is 2.25. The first kappa shape index (κ1) is 15.9. The number of aryl methyl sites for hydroxylation is 3. The Morgan fingerprint density at radius 3 is 2.38 bits per heavy atom. The number of rotatable bonds is 1. The molecule has 0 atom stereocenters. The molecule has 3 rings (SSSR count). The maximum absolute atomic E-state index is 12.6. The number of hydrogen-bond donors (Lipinski definition) is 1. The fraction of sp³-hybridized carbons (Fsp3) is 0.438. The second kappa shape index (κ2) is 6.08. The zero-order chi connectivity index (χ0) is 14.3. The van der Waals surface area contributed by atoms with Gasteiger partial charge in [0.2, 0.25) is 0 Å². The van der Waals surface area contributed by atoms with Crippen LogP contribution >= 0.6 is 12.4 Å². The molecule has 1 aliphatic heterocycles. The van der Waals surface area contributed by atoms with Gasteiger partial charge in [-0.15, -0.1) is 12.4 Å². The van der Waals surface area contributed by atoms with Crippen LogP contribution in [0.4, 0.5) is 0 Å². The van der Waals surface area contributed by atoms with Crippen molar-refractivity contribution in [3.8, 4) is 0 Å². The number of halogens is 1. The van der Waals surface area contributed by atoms with E-state index in [1.54, 1.807) is 0 Å². The summed E-state index contributed by atoms with van der Waals surface area (Å²) < 4.78 is 5.91. The van der Waals surface area contributed by atoms with Crippen LogP contribution in [0.15, 0.2) is 16.5 Å². The number of amides is 1. The van der Waals surface area contributed by atoms with Gasteiger partial charge in [-0.3, -0.25) is 4.79 Å². The summed E-state index contributed by atoms with van der Waals surface area (Å²) in [5.41, 5.74) is 4.05. The van der Waals surface area contributed by atoms with Gasteiger partial charge in [-0.1, -0.05) is 12.1 Å². The molecule has 2 heterocycles. The summed E-state index contributed by atoms with van der Waals surface area (Å²) in [7, 11) is 0. The molecule has 1 amide bonds. The van der Waals surface area contributed by atoms with Crippen molar-refractivity contribution in [3.63, 3.8) is 0 Å². The van der Waals surface area contributed by atoms with Crippen LogP contribution in [0.3, 0.4) is 0 Å². The van der Waals surface area contributed by atoms with E-state index in [-0.39, 0.29) is 18.3 Å². The lowest BCUT2D eigenvalue weighted by atomic mass is 10.0. The largest absolute Gasteiger partial charge is 0.450 e. The molecule has 1 saturated heterocycles. The Kier molecular flexibility index (Phi) is 4.59. The normalized spacial score (nSPS) is 15.1. The monoisotopic (exact) mass is 308 g/mol. The van der Waals surface area contributed by atoms with Crippen molar-refractivity contribution in [1.29, 1.82) is 0 Å². The molecular weight excluding hydrogens is 288 g/mol. The van der Waals surface area contributed by atoms with Crippen LogP contribution in [0.1, 0.15) is 27.2 Å². The molecule has 1 N–H and O–H groups in total. The van der Waals surface area contributed by atoms with Crippen molar-refractivity contribution in [3.05, 3.63) is 34.6 Å². The highest BCUT2D eigenvalue weighted by Crippen LogP contribution is 2.31. The number of carbonyl (C=O) groups excluding carboxylic acids is 1. The molecule has 0 unspecified atom stereocenters. The Balaban J connectivity index is 0.00000161. The van der Waals surface area contributed by atoms with E-state index in [9.17, 15) is 4.79 Å². The van der Waals surface area contributed by atoms with E-state index in [2.05, 4.69) is 18.3 Å². The lowest BCUT2D eigenvalue weighted by molar-refractivity contribution is 0.0705. The number of fused-ring (bicyclic) bond motifs is 1. The van der Waals surface area contributed by atoms with E-state index in [1.807, 2.05) is 24.8 Å². The number of furan rings is 1. The predicted octanol–water partition coefficient (Wildman–Crippen LogP) is 2.83. The van der Waals surface area contributed by atoms with E-state index in [0.29, 0.717) is 5.76 Å². The van der Waals surface area contributed by atoms with Gasteiger partial charge in [0.1, 0.15) is 5.58 Å². The third kappa shape index (κ3) is 2.65. The Morgan fingerprint density at radius 2 is 1.76 bits per heavy atom. The summed E-state index contributed by atoms with van der Waals surface area (Å²) in [5, 5.41) is 4.34. The van der Waals surface area contributed by atoms with Crippen molar-refractivity contribution < 1.29 is 9.21 Å². The first-order valence-electron chi connectivity index (χ1n) is 7.09. The van der Waals surface area contributed by atoms with Crippen LogP contribution < -0.4 is 5.32 Å². The molecule has 0 spiro atoms. The molecule has 5 heteroatoms. The van der Waals surface area contributed by atoms with Crippen LogP contribution in [-0.4, -0.2) is 37.0 Å². The Labute approximate surface area is 130 Å². The molecular formula is C16H21ClN2O2. The fourth-order valence-corrected chi connectivity index (χ4v) is 2.89. The Morgan fingerprint density at radius 1 is 1.14 bits per heavy atom. The maximum atomic E-state index is 12.6. The topological polar surface area (TPSA) is 45.5 Å². The number of benzene rings is 1. The molecule has 1 aromatic carbocycles. The minimum Gasteiger partial charge on any atom is -0.450 e. The highest BCUT2D eigenvalue weighted by molar-refractivity contribution is 6.00. The van der Waals surface area contributed by atoms with Crippen molar-refractivity contribution in [1.82, 2.24) is 10.2 Å². The zero-order valence-electron chi connectivity index (χ0n) is 12.7. The van der Waals surface area contributed by atoms with E-state index < -0.39 is 0 Å². The molecule has 0 aliphatic carbocycles. The van der Waals surface area contributed by atoms with Gasteiger partial charge >= 0.3 is 0 Å². The number of hydrogen-bond acceptors (Lipinski definition) is 3. The lowest BCUT2D eigenvalue weighted by Gasteiger charge is -2.26. The summed E-state index contributed by atoms with van der Waals surface area (Å²) in [4.78, 5) is 14.5. The van der Waals surface area contributed by atoms with E-state index in [0.717, 1.165) is 53.8 Å². The van der Waals surface area contributed by atoms with E-state index in [1.165, 1.54) is 0 Å². The average Bonchev–Trinajstić information content (AvgIpc) is 2.82. The quantitative estimate of drug-likeness (QED) is 0.881. The van der Waals surface area contributed by atoms with Gasteiger partial charge in [-0.25, -0.2) is 0 Å². The number of carbonyl (C=O) groups is 1. The van der Waals surface area contributed by atoms with Crippen molar-refractivity contribution in [2.75, 3.05) is 26.2 Å². The molecule has 2 aromatic rings. The Hall–Kier alpha value is -1.52. The van der Waals surface area contributed by atoms with Gasteiger partial charge in [0, 0.05) is 37.1 Å². The maximum Gasteiger partial charge on any atom is 0.289 e. The van der Waals surface area contributed by atoms with Crippen LogP contribution in [0.25, 0.3) is 11.0 Å². The van der Waals surface area contributed by atoms with Crippen molar-refractivity contribution in [2.45, 2.75) is 20.8 Å². The molecule has 0 bridgehead atoms. The van der Waals surface area contributed by atoms with Gasteiger partial charge in [0.25, 0.3) is 5.91 Å². The summed E-state index contributed by atoms with van der Waals surface area (Å²) in [6.07, 6.45) is 0. The SMILES string of the molecule is Cc1ccc(C)c2c(C)c(C(=O)N3CCNCC3)oc12.Cl. The molecule has 21 heavy (non-hydrogen) atoms. The minimum atomic E-state index is 0. The molecule has 4 nitrogen and oxygen atoms in total. The van der Waals surface area contributed by atoms with Gasteiger partial charge in [0.15, 0.2) is 5.76 Å². The second-order valence-corrected chi connectivity index (χ2v) is 5.50. The van der Waals surface area contributed by atoms with Crippen LogP contribution in [0, 0.1) is 20.8 Å². The van der Waals surface area contributed by atoms with Gasteiger partial charge in [0.05, 0.1) is 0 Å². The lowest BCUT2D eigenvalue weighted by Crippen LogP contribution is -2.46. The summed E-state index contributed by atoms with van der Waals surface area (Å²) in [6.45, 7) is 9.24. The average molecular weight is 309 g/mol. The van der Waals surface area contributed by atoms with Crippen molar-refractivity contribution >= 4 is 29.3 Å². The zero-order valence-corrected chi connectivity index (χ0v) is 13.5. The number of piperazine rings is 1. The third-order valence-corrected chi connectivity index (χ3v) is 4.08. The first-order valence-corrected chi connectivity index (χ1v) is 7.09. The molecule has 0 radical (unpaired) electrons. The van der Waals surface area contributed by atoms with E-state index >= 15 is 0 Å². The van der Waals surface area contributed by atoms with Gasteiger partial charge < -0.3 is 14.6 Å². The fourth-order valence-electron chi connectivity index (χ4n) is 2.89. The summed E-state index contributed by atoms with van der Waals surface area (Å²) in [6, 6.07) is 4.12. The minimum absolute atomic E-state index is 0. The summed E-state index contributed by atoms with van der Waals surface area (Å²) >= 11 is 0.